The van der Waals surface area contributed by atoms with Gasteiger partial charge in [0.1, 0.15) is 17.0 Å². The van der Waals surface area contributed by atoms with Crippen molar-refractivity contribution in [2.45, 2.75) is 45.1 Å². The van der Waals surface area contributed by atoms with Crippen LogP contribution in [-0.2, 0) is 16.0 Å². The van der Waals surface area contributed by atoms with Crippen molar-refractivity contribution in [3.8, 4) is 11.3 Å². The number of carbonyl (C=O) groups is 2. The molecule has 1 aromatic heterocycles. The maximum Gasteiger partial charge on any atom is 0.246 e. The minimum atomic E-state index is -0.892. The number of rotatable bonds is 6. The van der Waals surface area contributed by atoms with E-state index in [-0.39, 0.29) is 11.8 Å². The van der Waals surface area contributed by atoms with E-state index in [0.29, 0.717) is 38.1 Å². The Kier molecular flexibility index (Phi) is 5.40. The number of likely N-dealkylation sites (tertiary alicyclic amines) is 1. The maximum atomic E-state index is 12.9. The Balaban J connectivity index is 1.90. The van der Waals surface area contributed by atoms with E-state index in [1.54, 1.807) is 4.90 Å². The zero-order valence-electron chi connectivity index (χ0n) is 15.3. The van der Waals surface area contributed by atoms with E-state index in [1.807, 2.05) is 50.2 Å². The van der Waals surface area contributed by atoms with Crippen molar-refractivity contribution in [2.75, 3.05) is 13.1 Å². The van der Waals surface area contributed by atoms with Gasteiger partial charge in [0, 0.05) is 37.6 Å². The van der Waals surface area contributed by atoms with E-state index in [2.05, 4.69) is 10.5 Å². The van der Waals surface area contributed by atoms with Crippen LogP contribution in [0, 0.1) is 0 Å². The van der Waals surface area contributed by atoms with Gasteiger partial charge in [-0.15, -0.1) is 0 Å². The zero-order valence-corrected chi connectivity index (χ0v) is 15.3. The highest BCUT2D eigenvalue weighted by Gasteiger charge is 2.49. The molecule has 26 heavy (non-hydrogen) atoms. The lowest BCUT2D eigenvalue weighted by molar-refractivity contribution is -0.145. The van der Waals surface area contributed by atoms with Gasteiger partial charge in [0.2, 0.25) is 11.8 Å². The van der Waals surface area contributed by atoms with Crippen molar-refractivity contribution in [1.29, 1.82) is 0 Å². The number of carbonyl (C=O) groups excluding carboxylic acids is 2. The molecule has 0 radical (unpaired) electrons. The third-order valence-corrected chi connectivity index (χ3v) is 4.95. The predicted octanol–water partition coefficient (Wildman–Crippen LogP) is 2.79. The van der Waals surface area contributed by atoms with Gasteiger partial charge in [-0.25, -0.2) is 0 Å². The Labute approximate surface area is 153 Å². The van der Waals surface area contributed by atoms with E-state index in [4.69, 9.17) is 4.52 Å². The van der Waals surface area contributed by atoms with Crippen molar-refractivity contribution in [2.24, 2.45) is 0 Å². The first-order valence-corrected chi connectivity index (χ1v) is 9.20. The molecule has 138 valence electrons. The summed E-state index contributed by atoms with van der Waals surface area (Å²) in [6, 6.07) is 11.6. The fraction of sp³-hybridized carbons (Fsp3) is 0.450. The Bertz CT molecular complexity index is 772. The molecule has 1 saturated heterocycles. The lowest BCUT2D eigenvalue weighted by Gasteiger charge is -2.36. The van der Waals surface area contributed by atoms with E-state index >= 15 is 0 Å². The Morgan fingerprint density at radius 1 is 1.27 bits per heavy atom. The van der Waals surface area contributed by atoms with E-state index < -0.39 is 5.54 Å². The number of hydrogen-bond donors (Lipinski definition) is 1. The summed E-state index contributed by atoms with van der Waals surface area (Å²) in [6.07, 6.45) is 2.16. The summed E-state index contributed by atoms with van der Waals surface area (Å²) in [7, 11) is 0. The number of nitrogens with zero attached hydrogens (tertiary/aromatic N) is 2. The molecular weight excluding hydrogens is 330 g/mol. The average molecular weight is 355 g/mol. The topological polar surface area (TPSA) is 75.4 Å². The van der Waals surface area contributed by atoms with Gasteiger partial charge in [0.25, 0.3) is 0 Å². The Hall–Kier alpha value is -2.63. The van der Waals surface area contributed by atoms with Gasteiger partial charge in [-0.2, -0.15) is 0 Å². The van der Waals surface area contributed by atoms with Crippen LogP contribution in [0.2, 0.25) is 0 Å². The monoisotopic (exact) mass is 355 g/mol. The first kappa shape index (κ1) is 18.2. The van der Waals surface area contributed by atoms with Crippen molar-refractivity contribution >= 4 is 11.8 Å². The lowest BCUT2D eigenvalue weighted by atomic mass is 9.89. The van der Waals surface area contributed by atoms with Crippen molar-refractivity contribution in [3.63, 3.8) is 0 Å². The van der Waals surface area contributed by atoms with E-state index in [9.17, 15) is 9.59 Å². The van der Waals surface area contributed by atoms with Gasteiger partial charge in [-0.1, -0.05) is 42.4 Å². The molecule has 2 aromatic rings. The molecule has 1 aliphatic heterocycles. The van der Waals surface area contributed by atoms with Gasteiger partial charge >= 0.3 is 0 Å². The maximum absolute atomic E-state index is 12.9. The Morgan fingerprint density at radius 2 is 2.04 bits per heavy atom. The summed E-state index contributed by atoms with van der Waals surface area (Å²) in [6.45, 7) is 4.84. The number of likely N-dealkylation sites (N-methyl/N-ethyl adjacent to an activating group) is 1. The van der Waals surface area contributed by atoms with Crippen LogP contribution in [0.3, 0.4) is 0 Å². The van der Waals surface area contributed by atoms with Crippen LogP contribution in [0.4, 0.5) is 0 Å². The number of amides is 2. The third kappa shape index (κ3) is 3.36. The summed E-state index contributed by atoms with van der Waals surface area (Å²) in [5.74, 6) is 0.499. The molecule has 1 fully saturated rings. The molecule has 2 heterocycles. The van der Waals surface area contributed by atoms with Crippen LogP contribution >= 0.6 is 0 Å². The number of benzene rings is 1. The summed E-state index contributed by atoms with van der Waals surface area (Å²) < 4.78 is 5.53. The quantitative estimate of drug-likeness (QED) is 0.864. The molecule has 0 bridgehead atoms. The lowest BCUT2D eigenvalue weighted by Crippen LogP contribution is -2.58. The molecule has 1 atom stereocenters. The Morgan fingerprint density at radius 3 is 2.73 bits per heavy atom. The van der Waals surface area contributed by atoms with Crippen LogP contribution in [0.1, 0.15) is 38.9 Å². The van der Waals surface area contributed by atoms with Crippen LogP contribution in [0.15, 0.2) is 40.9 Å². The van der Waals surface area contributed by atoms with Gasteiger partial charge < -0.3 is 14.7 Å². The van der Waals surface area contributed by atoms with Gasteiger partial charge in [0.15, 0.2) is 0 Å². The molecule has 3 rings (SSSR count). The highest BCUT2D eigenvalue weighted by atomic mass is 16.5. The number of nitrogens with one attached hydrogen (secondary N) is 1. The second-order valence-electron chi connectivity index (χ2n) is 6.61. The molecule has 2 amide bonds. The van der Waals surface area contributed by atoms with Gasteiger partial charge in [-0.3, -0.25) is 9.59 Å². The number of hydrogen-bond acceptors (Lipinski definition) is 4. The second-order valence-corrected chi connectivity index (χ2v) is 6.61. The highest BCUT2D eigenvalue weighted by Crippen LogP contribution is 2.34. The molecule has 1 N–H and O–H groups in total. The van der Waals surface area contributed by atoms with E-state index in [0.717, 1.165) is 17.7 Å². The first-order valence-electron chi connectivity index (χ1n) is 9.20. The molecule has 6 nitrogen and oxygen atoms in total. The highest BCUT2D eigenvalue weighted by molar-refractivity contribution is 5.92. The van der Waals surface area contributed by atoms with Crippen LogP contribution in [0.5, 0.6) is 0 Å². The fourth-order valence-corrected chi connectivity index (χ4v) is 3.69. The molecule has 6 heteroatoms. The minimum absolute atomic E-state index is 0.00319. The normalized spacial score (nSPS) is 19.5. The first-order chi connectivity index (χ1) is 12.6. The standard InChI is InChI=1S/C20H25N3O3/c1-3-18(24)23-12-8-11-20(23,19(25)21-4-2)14-16-13-17(22-26-16)15-9-6-5-7-10-15/h5-7,9-10,13H,3-4,8,11-12,14H2,1-2H3,(H,21,25). The van der Waals surface area contributed by atoms with Crippen LogP contribution in [0.25, 0.3) is 11.3 Å². The summed E-state index contributed by atoms with van der Waals surface area (Å²) in [5, 5.41) is 7.05. The van der Waals surface area contributed by atoms with Gasteiger partial charge in [-0.05, 0) is 19.8 Å². The van der Waals surface area contributed by atoms with E-state index in [1.165, 1.54) is 0 Å². The summed E-state index contributed by atoms with van der Waals surface area (Å²) in [4.78, 5) is 27.1. The van der Waals surface area contributed by atoms with Crippen molar-refractivity contribution in [3.05, 3.63) is 42.2 Å². The van der Waals surface area contributed by atoms with Gasteiger partial charge in [0.05, 0.1) is 0 Å². The second kappa shape index (κ2) is 7.72. The van der Waals surface area contributed by atoms with Crippen LogP contribution in [-0.4, -0.2) is 40.5 Å². The molecular formula is C20H25N3O3. The fourth-order valence-electron chi connectivity index (χ4n) is 3.69. The predicted molar refractivity (Wildman–Crippen MR) is 98.3 cm³/mol. The zero-order chi connectivity index (χ0) is 18.6. The largest absolute Gasteiger partial charge is 0.361 e. The average Bonchev–Trinajstić information content (AvgIpc) is 3.30. The van der Waals surface area contributed by atoms with Crippen molar-refractivity contribution in [1.82, 2.24) is 15.4 Å². The summed E-state index contributed by atoms with van der Waals surface area (Å²) in [5.41, 5.74) is 0.803. The number of aromatic nitrogens is 1. The molecule has 1 aromatic carbocycles. The molecule has 0 saturated carbocycles. The third-order valence-electron chi connectivity index (χ3n) is 4.95. The van der Waals surface area contributed by atoms with Crippen molar-refractivity contribution < 1.29 is 14.1 Å². The molecule has 0 aliphatic carbocycles. The SMILES string of the molecule is CCNC(=O)C1(Cc2cc(-c3ccccc3)no2)CCCN1C(=O)CC. The smallest absolute Gasteiger partial charge is 0.246 e. The molecule has 0 spiro atoms. The van der Waals surface area contributed by atoms with Crippen LogP contribution < -0.4 is 5.32 Å². The molecule has 1 unspecified atom stereocenters. The molecule has 1 aliphatic rings. The minimum Gasteiger partial charge on any atom is -0.361 e. The summed E-state index contributed by atoms with van der Waals surface area (Å²) >= 11 is 0.